The summed E-state index contributed by atoms with van der Waals surface area (Å²) in [5, 5.41) is 15.2. The van der Waals surface area contributed by atoms with Crippen LogP contribution in [0.3, 0.4) is 0 Å². The Kier molecular flexibility index (Phi) is 16.8. The molecule has 0 bridgehead atoms. The second-order valence-electron chi connectivity index (χ2n) is 9.05. The van der Waals surface area contributed by atoms with Crippen molar-refractivity contribution in [3.05, 3.63) is 57.9 Å². The molecule has 0 aliphatic rings. The fourth-order valence-electron chi connectivity index (χ4n) is 3.05. The molecule has 7 nitrogen and oxygen atoms in total. The van der Waals surface area contributed by atoms with Gasteiger partial charge in [-0.3, -0.25) is 19.7 Å². The Labute approximate surface area is 211 Å². The van der Waals surface area contributed by atoms with Gasteiger partial charge in [-0.05, 0) is 45.1 Å². The minimum Gasteiger partial charge on any atom is -0.658 e. The summed E-state index contributed by atoms with van der Waals surface area (Å²) in [5.41, 5.74) is -1.08. The summed E-state index contributed by atoms with van der Waals surface area (Å²) in [6, 6.07) is 6.58. The number of allylic oxidation sites excluding steroid dienone is 1. The molecule has 0 aliphatic heterocycles. The van der Waals surface area contributed by atoms with Crippen LogP contribution in [-0.2, 0) is 9.53 Å². The van der Waals surface area contributed by atoms with Crippen LogP contribution in [0.5, 0.6) is 0 Å². The summed E-state index contributed by atoms with van der Waals surface area (Å²) in [7, 11) is 0. The van der Waals surface area contributed by atoms with E-state index in [2.05, 4.69) is 46.5 Å². The van der Waals surface area contributed by atoms with E-state index in [0.29, 0.717) is 24.4 Å². The number of nitro benzene ring substituents is 1. The minimum atomic E-state index is -0.694. The van der Waals surface area contributed by atoms with Gasteiger partial charge < -0.3 is 10.1 Å². The molecule has 0 radical (unpaired) electrons. The Morgan fingerprint density at radius 2 is 1.70 bits per heavy atom. The summed E-state index contributed by atoms with van der Waals surface area (Å²) < 4.78 is 5.39. The van der Waals surface area contributed by atoms with Crippen LogP contribution >= 0.6 is 0 Å². The van der Waals surface area contributed by atoms with Crippen molar-refractivity contribution in [3.63, 3.8) is 0 Å². The van der Waals surface area contributed by atoms with E-state index in [9.17, 15) is 19.7 Å². The average Bonchev–Trinajstić information content (AvgIpc) is 2.66. The van der Waals surface area contributed by atoms with E-state index in [1.165, 1.54) is 24.3 Å². The van der Waals surface area contributed by atoms with Gasteiger partial charge in [0.2, 0.25) is 0 Å². The van der Waals surface area contributed by atoms with Crippen LogP contribution in [0.2, 0.25) is 0 Å². The van der Waals surface area contributed by atoms with E-state index in [-0.39, 0.29) is 30.1 Å². The third kappa shape index (κ3) is 15.5. The van der Waals surface area contributed by atoms with Crippen LogP contribution < -0.4 is 18.9 Å². The standard InChI is InChI=1S/C19H25NO5.C6H14N.Li/c1-5-14(2)9-8-12-19(3,4)25-18(22)13-17(21)15-10-6-7-11-16(15)20(23)24;1-5(2)7-6(3)4;/h5-7,10-11,14H,1,8-9,12-13H2,2-4H3;5-6H,1-4H3;/q;-1;+1. The van der Waals surface area contributed by atoms with Gasteiger partial charge in [0.05, 0.1) is 10.5 Å². The number of carbonyl (C=O) groups is 2. The van der Waals surface area contributed by atoms with Gasteiger partial charge in [-0.2, -0.15) is 0 Å². The first kappa shape index (κ1) is 33.2. The van der Waals surface area contributed by atoms with Gasteiger partial charge in [0.15, 0.2) is 5.78 Å². The largest absolute Gasteiger partial charge is 1.00 e. The summed E-state index contributed by atoms with van der Waals surface area (Å²) >= 11 is 0. The van der Waals surface area contributed by atoms with Crippen molar-refractivity contribution in [2.45, 2.75) is 91.8 Å². The minimum absolute atomic E-state index is 0. The van der Waals surface area contributed by atoms with Crippen molar-refractivity contribution >= 4 is 17.4 Å². The summed E-state index contributed by atoms with van der Waals surface area (Å²) in [6.45, 7) is 17.8. The second kappa shape index (κ2) is 16.6. The molecule has 180 valence electrons. The Balaban J connectivity index is 0. The Hall–Kier alpha value is -1.94. The zero-order valence-corrected chi connectivity index (χ0v) is 21.6. The molecule has 1 rings (SSSR count). The summed E-state index contributed by atoms with van der Waals surface area (Å²) in [5.74, 6) is -0.898. The first-order valence-electron chi connectivity index (χ1n) is 11.1. The molecule has 1 atom stereocenters. The van der Waals surface area contributed by atoms with Crippen LogP contribution in [0.4, 0.5) is 5.69 Å². The molecule has 0 saturated heterocycles. The average molecular weight is 455 g/mol. The normalized spacial score (nSPS) is 11.7. The first-order chi connectivity index (χ1) is 14.8. The van der Waals surface area contributed by atoms with E-state index in [1.807, 2.05) is 6.08 Å². The third-order valence-electron chi connectivity index (χ3n) is 4.53. The summed E-state index contributed by atoms with van der Waals surface area (Å²) in [4.78, 5) is 34.6. The number of ether oxygens (including phenoxy) is 1. The van der Waals surface area contributed by atoms with Crippen LogP contribution in [0.15, 0.2) is 36.9 Å². The zero-order valence-electron chi connectivity index (χ0n) is 21.6. The summed E-state index contributed by atoms with van der Waals surface area (Å²) in [6.07, 6.45) is 3.84. The molecule has 0 N–H and O–H groups in total. The maximum atomic E-state index is 12.2. The van der Waals surface area contributed by atoms with Crippen molar-refractivity contribution < 1.29 is 38.1 Å². The molecule has 1 unspecified atom stereocenters. The maximum absolute atomic E-state index is 12.2. The number of benzene rings is 1. The fraction of sp³-hybridized carbons (Fsp3) is 0.600. The third-order valence-corrected chi connectivity index (χ3v) is 4.53. The molecule has 0 aromatic heterocycles. The van der Waals surface area contributed by atoms with Crippen molar-refractivity contribution in [3.8, 4) is 0 Å². The number of para-hydroxylation sites is 1. The topological polar surface area (TPSA) is 101 Å². The van der Waals surface area contributed by atoms with Crippen LogP contribution in [0.25, 0.3) is 5.32 Å². The molecule has 1 aromatic carbocycles. The molecule has 1 aromatic rings. The molecule has 33 heavy (non-hydrogen) atoms. The van der Waals surface area contributed by atoms with Crippen molar-refractivity contribution in [1.82, 2.24) is 0 Å². The predicted octanol–water partition coefficient (Wildman–Crippen LogP) is 3.66. The van der Waals surface area contributed by atoms with Gasteiger partial charge >= 0.3 is 24.8 Å². The van der Waals surface area contributed by atoms with E-state index in [1.54, 1.807) is 13.8 Å². The van der Waals surface area contributed by atoms with Crippen molar-refractivity contribution in [2.24, 2.45) is 5.92 Å². The number of nitro groups is 1. The first-order valence-corrected chi connectivity index (χ1v) is 11.1. The number of ketones is 1. The van der Waals surface area contributed by atoms with E-state index in [0.717, 1.165) is 12.8 Å². The van der Waals surface area contributed by atoms with Gasteiger partial charge in [-0.15, -0.1) is 18.7 Å². The van der Waals surface area contributed by atoms with E-state index < -0.39 is 28.7 Å². The van der Waals surface area contributed by atoms with Gasteiger partial charge in [0, 0.05) is 6.07 Å². The van der Waals surface area contributed by atoms with E-state index in [4.69, 9.17) is 4.74 Å². The molecular weight excluding hydrogens is 415 g/mol. The molecule has 0 fully saturated rings. The zero-order chi connectivity index (χ0) is 24.9. The molecule has 0 heterocycles. The van der Waals surface area contributed by atoms with Gasteiger partial charge in [0.25, 0.3) is 5.69 Å². The molecule has 0 saturated carbocycles. The van der Waals surface area contributed by atoms with Crippen LogP contribution in [-0.4, -0.2) is 34.4 Å². The second-order valence-corrected chi connectivity index (χ2v) is 9.05. The van der Waals surface area contributed by atoms with E-state index >= 15 is 0 Å². The smallest absolute Gasteiger partial charge is 0.658 e. The molecule has 0 amide bonds. The quantitative estimate of drug-likeness (QED) is 0.0912. The van der Waals surface area contributed by atoms with Gasteiger partial charge in [0.1, 0.15) is 12.0 Å². The number of hydrogen-bond donors (Lipinski definition) is 0. The number of esters is 1. The van der Waals surface area contributed by atoms with Gasteiger partial charge in [-0.1, -0.05) is 52.8 Å². The molecule has 0 aliphatic carbocycles. The number of nitrogens with zero attached hydrogens (tertiary/aromatic N) is 2. The predicted molar refractivity (Wildman–Crippen MR) is 129 cm³/mol. The maximum Gasteiger partial charge on any atom is 1.00 e. The van der Waals surface area contributed by atoms with Gasteiger partial charge in [-0.25, -0.2) is 0 Å². The van der Waals surface area contributed by atoms with Crippen LogP contribution in [0, 0.1) is 16.0 Å². The number of carbonyl (C=O) groups excluding carboxylic acids is 2. The van der Waals surface area contributed by atoms with Crippen molar-refractivity contribution in [1.29, 1.82) is 0 Å². The van der Waals surface area contributed by atoms with Crippen LogP contribution in [0.1, 0.15) is 84.5 Å². The number of hydrogen-bond acceptors (Lipinski definition) is 5. The Morgan fingerprint density at radius 1 is 1.15 bits per heavy atom. The number of Topliss-reactive ketones (excluding diaryl/α,β-unsaturated/α-hetero) is 1. The SMILES string of the molecule is C=CC(C)CCCC(C)(C)OC(=O)CC(=O)c1ccccc1[N+](=O)[O-].CC(C)[N-]C(C)C.[Li+]. The fourth-order valence-corrected chi connectivity index (χ4v) is 3.05. The molecule has 8 heteroatoms. The van der Waals surface area contributed by atoms with Crippen molar-refractivity contribution in [2.75, 3.05) is 0 Å². The molecule has 0 spiro atoms. The molecular formula is C25H39LiN2O5. The Morgan fingerprint density at radius 3 is 2.15 bits per heavy atom. The monoisotopic (exact) mass is 454 g/mol. The number of rotatable bonds is 12. The Bertz CT molecular complexity index is 757.